The van der Waals surface area contributed by atoms with Crippen LogP contribution in [0.25, 0.3) is 0 Å². The molecule has 2 heterocycles. The van der Waals surface area contributed by atoms with Gasteiger partial charge in [0.2, 0.25) is 0 Å². The summed E-state index contributed by atoms with van der Waals surface area (Å²) in [6.07, 6.45) is 1.06. The molecule has 2 rings (SSSR count). The van der Waals surface area contributed by atoms with Crippen LogP contribution >= 0.6 is 27.3 Å². The molecule has 2 nitrogen and oxygen atoms in total. The van der Waals surface area contributed by atoms with Gasteiger partial charge in [-0.1, -0.05) is 5.57 Å². The van der Waals surface area contributed by atoms with Crippen LogP contribution in [0, 0.1) is 0 Å². The maximum Gasteiger partial charge on any atom is 0.0479 e. The van der Waals surface area contributed by atoms with E-state index >= 15 is 0 Å². The van der Waals surface area contributed by atoms with Crippen LogP contribution in [0.5, 0.6) is 0 Å². The Morgan fingerprint density at radius 3 is 2.82 bits per heavy atom. The molecule has 1 aromatic rings. The third-order valence-electron chi connectivity index (χ3n) is 3.05. The topological polar surface area (TPSA) is 15.3 Å². The average molecular weight is 315 g/mol. The van der Waals surface area contributed by atoms with Gasteiger partial charge in [-0.05, 0) is 35.3 Å². The Bertz CT molecular complexity index is 383. The van der Waals surface area contributed by atoms with E-state index in [-0.39, 0.29) is 0 Å². The summed E-state index contributed by atoms with van der Waals surface area (Å²) in [6.45, 7) is 10.7. The van der Waals surface area contributed by atoms with E-state index in [0.29, 0.717) is 6.04 Å². The van der Waals surface area contributed by atoms with Crippen molar-refractivity contribution in [1.82, 2.24) is 10.2 Å². The molecule has 0 bridgehead atoms. The second kappa shape index (κ2) is 6.14. The number of halogens is 1. The zero-order valence-electron chi connectivity index (χ0n) is 10.2. The van der Waals surface area contributed by atoms with Gasteiger partial charge in [0.15, 0.2) is 0 Å². The van der Waals surface area contributed by atoms with E-state index in [1.165, 1.54) is 14.9 Å². The minimum atomic E-state index is 0.505. The van der Waals surface area contributed by atoms with Crippen LogP contribution in [-0.2, 0) is 0 Å². The molecule has 0 saturated carbocycles. The normalized spacial score (nSPS) is 19.2. The van der Waals surface area contributed by atoms with Crippen LogP contribution in [0.4, 0.5) is 0 Å². The predicted octanol–water partition coefficient (Wildman–Crippen LogP) is 3.42. The molecule has 1 aliphatic heterocycles. The van der Waals surface area contributed by atoms with Crippen LogP contribution in [-0.4, -0.2) is 31.1 Å². The molecule has 1 fully saturated rings. The molecular weight excluding hydrogens is 296 g/mol. The number of hydrogen-bond donors (Lipinski definition) is 1. The lowest BCUT2D eigenvalue weighted by Crippen LogP contribution is -2.45. The summed E-state index contributed by atoms with van der Waals surface area (Å²) in [7, 11) is 0. The molecule has 4 heteroatoms. The Kier molecular flexibility index (Phi) is 4.79. The van der Waals surface area contributed by atoms with Crippen molar-refractivity contribution < 1.29 is 0 Å². The molecule has 17 heavy (non-hydrogen) atoms. The average Bonchev–Trinajstić information content (AvgIpc) is 2.73. The van der Waals surface area contributed by atoms with Gasteiger partial charge in [0, 0.05) is 47.0 Å². The maximum atomic E-state index is 4.07. The van der Waals surface area contributed by atoms with E-state index in [0.717, 1.165) is 32.6 Å². The Morgan fingerprint density at radius 1 is 1.59 bits per heavy atom. The van der Waals surface area contributed by atoms with E-state index in [9.17, 15) is 0 Å². The highest BCUT2D eigenvalue weighted by molar-refractivity contribution is 9.10. The minimum Gasteiger partial charge on any atom is -0.314 e. The number of nitrogens with zero attached hydrogens (tertiary/aromatic N) is 1. The molecule has 0 aliphatic carbocycles. The first-order valence-corrected chi connectivity index (χ1v) is 7.67. The van der Waals surface area contributed by atoms with Gasteiger partial charge < -0.3 is 5.32 Å². The van der Waals surface area contributed by atoms with Gasteiger partial charge >= 0.3 is 0 Å². The van der Waals surface area contributed by atoms with E-state index in [1.54, 1.807) is 0 Å². The quantitative estimate of drug-likeness (QED) is 0.857. The molecule has 0 amide bonds. The number of thiophene rings is 1. The first kappa shape index (κ1) is 13.3. The molecule has 1 N–H and O–H groups in total. The van der Waals surface area contributed by atoms with Crippen molar-refractivity contribution in [2.75, 3.05) is 26.2 Å². The van der Waals surface area contributed by atoms with Crippen LogP contribution in [0.1, 0.15) is 24.3 Å². The zero-order chi connectivity index (χ0) is 12.3. The van der Waals surface area contributed by atoms with Gasteiger partial charge in [-0.2, -0.15) is 0 Å². The van der Waals surface area contributed by atoms with Crippen molar-refractivity contribution in [1.29, 1.82) is 0 Å². The van der Waals surface area contributed by atoms with Gasteiger partial charge in [0.1, 0.15) is 0 Å². The minimum absolute atomic E-state index is 0.505. The van der Waals surface area contributed by atoms with Gasteiger partial charge in [0.25, 0.3) is 0 Å². The third-order valence-corrected chi connectivity index (χ3v) is 4.85. The van der Waals surface area contributed by atoms with Crippen molar-refractivity contribution >= 4 is 27.3 Å². The summed E-state index contributed by atoms with van der Waals surface area (Å²) in [5, 5.41) is 5.58. The van der Waals surface area contributed by atoms with Gasteiger partial charge in [-0.15, -0.1) is 17.9 Å². The highest BCUT2D eigenvalue weighted by Crippen LogP contribution is 2.33. The number of piperazine rings is 1. The Labute approximate surface area is 116 Å². The molecule has 1 saturated heterocycles. The monoisotopic (exact) mass is 314 g/mol. The molecule has 0 spiro atoms. The largest absolute Gasteiger partial charge is 0.314 e. The molecule has 1 aromatic heterocycles. The first-order valence-electron chi connectivity index (χ1n) is 6.00. The summed E-state index contributed by atoms with van der Waals surface area (Å²) >= 11 is 5.39. The summed E-state index contributed by atoms with van der Waals surface area (Å²) in [6, 6.07) is 2.76. The zero-order valence-corrected chi connectivity index (χ0v) is 12.6. The summed E-state index contributed by atoms with van der Waals surface area (Å²) in [5.41, 5.74) is 1.26. The Hall–Kier alpha value is -0.160. The molecule has 94 valence electrons. The van der Waals surface area contributed by atoms with Crippen molar-refractivity contribution in [3.05, 3.63) is 32.9 Å². The third kappa shape index (κ3) is 3.65. The van der Waals surface area contributed by atoms with Crippen LogP contribution < -0.4 is 5.32 Å². The molecular formula is C13H19BrN2S. The molecule has 0 unspecified atom stereocenters. The number of hydrogen-bond acceptors (Lipinski definition) is 3. The standard InChI is InChI=1S/C13H19BrN2S/c1-10(2)7-12(13-8-11(14)9-17-13)16-5-3-15-4-6-16/h8-9,12,15H,1,3-7H2,2H3/t12-/m0/s1. The highest BCUT2D eigenvalue weighted by atomic mass is 79.9. The fraction of sp³-hybridized carbons (Fsp3) is 0.538. The maximum absolute atomic E-state index is 4.07. The van der Waals surface area contributed by atoms with Crippen LogP contribution in [0.2, 0.25) is 0 Å². The van der Waals surface area contributed by atoms with Crippen molar-refractivity contribution in [3.8, 4) is 0 Å². The highest BCUT2D eigenvalue weighted by Gasteiger charge is 2.23. The second-order valence-electron chi connectivity index (χ2n) is 4.63. The van der Waals surface area contributed by atoms with E-state index in [2.05, 4.69) is 51.1 Å². The molecule has 1 atom stereocenters. The SMILES string of the molecule is C=C(C)C[C@@H](c1cc(Br)cs1)N1CCNCC1. The van der Waals surface area contributed by atoms with Gasteiger partial charge in [-0.25, -0.2) is 0 Å². The fourth-order valence-electron chi connectivity index (χ4n) is 2.24. The molecule has 0 radical (unpaired) electrons. The second-order valence-corrected chi connectivity index (χ2v) is 6.49. The first-order chi connectivity index (χ1) is 8.16. The lowest BCUT2D eigenvalue weighted by molar-refractivity contribution is 0.175. The van der Waals surface area contributed by atoms with Crippen molar-refractivity contribution in [3.63, 3.8) is 0 Å². The fourth-order valence-corrected chi connectivity index (χ4v) is 3.82. The predicted molar refractivity (Wildman–Crippen MR) is 78.6 cm³/mol. The lowest BCUT2D eigenvalue weighted by atomic mass is 10.0. The molecule has 0 aromatic carbocycles. The van der Waals surface area contributed by atoms with Gasteiger partial charge in [-0.3, -0.25) is 4.90 Å². The smallest absolute Gasteiger partial charge is 0.0479 e. The van der Waals surface area contributed by atoms with E-state index < -0.39 is 0 Å². The van der Waals surface area contributed by atoms with Crippen molar-refractivity contribution in [2.24, 2.45) is 0 Å². The summed E-state index contributed by atoms with van der Waals surface area (Å²) < 4.78 is 1.19. The number of nitrogens with one attached hydrogen (secondary N) is 1. The Morgan fingerprint density at radius 2 is 2.29 bits per heavy atom. The van der Waals surface area contributed by atoms with E-state index in [4.69, 9.17) is 0 Å². The van der Waals surface area contributed by atoms with Gasteiger partial charge in [0.05, 0.1) is 0 Å². The van der Waals surface area contributed by atoms with Crippen molar-refractivity contribution in [2.45, 2.75) is 19.4 Å². The number of rotatable bonds is 4. The van der Waals surface area contributed by atoms with Crippen LogP contribution in [0.3, 0.4) is 0 Å². The summed E-state index contributed by atoms with van der Waals surface area (Å²) in [5.74, 6) is 0. The summed E-state index contributed by atoms with van der Waals surface area (Å²) in [4.78, 5) is 4.02. The Balaban J connectivity index is 2.14. The van der Waals surface area contributed by atoms with Crippen LogP contribution in [0.15, 0.2) is 28.1 Å². The van der Waals surface area contributed by atoms with E-state index in [1.807, 2.05) is 11.3 Å². The molecule has 1 aliphatic rings. The lowest BCUT2D eigenvalue weighted by Gasteiger charge is -2.34.